The third kappa shape index (κ3) is 2.42. The van der Waals surface area contributed by atoms with E-state index in [0.717, 1.165) is 16.3 Å². The molecule has 0 saturated carbocycles. The van der Waals surface area contributed by atoms with Crippen LogP contribution >= 0.6 is 11.3 Å². The number of thiazole rings is 1. The Morgan fingerprint density at radius 2 is 1.79 bits per heavy atom. The molecule has 0 N–H and O–H groups in total. The van der Waals surface area contributed by atoms with Gasteiger partial charge < -0.3 is 0 Å². The van der Waals surface area contributed by atoms with Crippen LogP contribution < -0.4 is 0 Å². The second-order valence-electron chi connectivity index (χ2n) is 4.59. The van der Waals surface area contributed by atoms with Crippen molar-refractivity contribution in [1.82, 2.24) is 9.97 Å². The molecule has 94 valence electrons. The molecule has 0 aliphatic rings. The zero-order valence-corrected chi connectivity index (χ0v) is 11.7. The molecule has 3 rings (SSSR count). The van der Waals surface area contributed by atoms with Gasteiger partial charge in [-0.1, -0.05) is 29.8 Å². The van der Waals surface area contributed by atoms with E-state index in [1.54, 1.807) is 11.3 Å². The Hall–Kier alpha value is -2.00. The van der Waals surface area contributed by atoms with Crippen molar-refractivity contribution in [3.63, 3.8) is 0 Å². The van der Waals surface area contributed by atoms with Crippen LogP contribution in [-0.2, 0) is 0 Å². The molecule has 0 amide bonds. The molecular weight excluding hydrogens is 252 g/mol. The molecule has 0 bridgehead atoms. The van der Waals surface area contributed by atoms with Crippen LogP contribution in [0.25, 0.3) is 21.8 Å². The summed E-state index contributed by atoms with van der Waals surface area (Å²) in [5, 5.41) is 3.15. The molecule has 1 aromatic carbocycles. The highest BCUT2D eigenvalue weighted by atomic mass is 32.1. The van der Waals surface area contributed by atoms with Gasteiger partial charge >= 0.3 is 0 Å². The molecule has 3 aromatic rings. The molecule has 19 heavy (non-hydrogen) atoms. The number of rotatable bonds is 2. The van der Waals surface area contributed by atoms with Crippen molar-refractivity contribution in [3.8, 4) is 21.8 Å². The first-order chi connectivity index (χ1) is 9.24. The molecule has 3 heteroatoms. The van der Waals surface area contributed by atoms with Crippen LogP contribution in [0.1, 0.15) is 11.1 Å². The molecule has 2 aromatic heterocycles. The predicted octanol–water partition coefficient (Wildman–Crippen LogP) is 4.49. The maximum absolute atomic E-state index is 4.72. The van der Waals surface area contributed by atoms with E-state index in [1.807, 2.05) is 18.5 Å². The smallest absolute Gasteiger partial charge is 0.124 e. The Labute approximate surface area is 116 Å². The van der Waals surface area contributed by atoms with Gasteiger partial charge in [0.05, 0.1) is 5.69 Å². The van der Waals surface area contributed by atoms with Crippen molar-refractivity contribution in [2.24, 2.45) is 0 Å². The molecule has 0 unspecified atom stereocenters. The van der Waals surface area contributed by atoms with Crippen LogP contribution in [0.3, 0.4) is 0 Å². The fourth-order valence-corrected chi connectivity index (χ4v) is 2.78. The minimum absolute atomic E-state index is 1.01. The van der Waals surface area contributed by atoms with Crippen molar-refractivity contribution in [2.45, 2.75) is 13.8 Å². The summed E-state index contributed by atoms with van der Waals surface area (Å²) in [5.41, 5.74) is 5.76. The Bertz CT molecular complexity index is 699. The molecule has 0 atom stereocenters. The number of benzene rings is 1. The summed E-state index contributed by atoms with van der Waals surface area (Å²) in [5.74, 6) is 0. The molecule has 2 heterocycles. The summed E-state index contributed by atoms with van der Waals surface area (Å²) in [4.78, 5) is 8.90. The van der Waals surface area contributed by atoms with E-state index in [0.29, 0.717) is 0 Å². The van der Waals surface area contributed by atoms with Crippen LogP contribution in [0, 0.1) is 13.8 Å². The van der Waals surface area contributed by atoms with E-state index in [9.17, 15) is 0 Å². The monoisotopic (exact) mass is 266 g/mol. The van der Waals surface area contributed by atoms with Gasteiger partial charge in [-0.25, -0.2) is 4.98 Å². The lowest BCUT2D eigenvalue weighted by atomic mass is 10.1. The van der Waals surface area contributed by atoms with Gasteiger partial charge in [-0.3, -0.25) is 4.98 Å². The second-order valence-corrected chi connectivity index (χ2v) is 5.45. The second kappa shape index (κ2) is 4.94. The minimum Gasteiger partial charge on any atom is -0.264 e. The highest BCUT2D eigenvalue weighted by Crippen LogP contribution is 2.29. The topological polar surface area (TPSA) is 25.8 Å². The number of pyridine rings is 1. The average molecular weight is 266 g/mol. The quantitative estimate of drug-likeness (QED) is 0.683. The first kappa shape index (κ1) is 12.1. The maximum Gasteiger partial charge on any atom is 0.124 e. The van der Waals surface area contributed by atoms with E-state index in [-0.39, 0.29) is 0 Å². The minimum atomic E-state index is 1.01. The maximum atomic E-state index is 4.72. The first-order valence-electron chi connectivity index (χ1n) is 6.17. The van der Waals surface area contributed by atoms with Crippen LogP contribution in [0.4, 0.5) is 0 Å². The Kier molecular flexibility index (Phi) is 3.13. The van der Waals surface area contributed by atoms with Crippen molar-refractivity contribution >= 4 is 11.3 Å². The highest BCUT2D eigenvalue weighted by Gasteiger charge is 2.08. The van der Waals surface area contributed by atoms with Crippen LogP contribution in [0.2, 0.25) is 0 Å². The molecule has 0 radical (unpaired) electrons. The highest BCUT2D eigenvalue weighted by molar-refractivity contribution is 7.13. The third-order valence-corrected chi connectivity index (χ3v) is 4.01. The van der Waals surface area contributed by atoms with E-state index >= 15 is 0 Å². The van der Waals surface area contributed by atoms with Gasteiger partial charge in [-0.15, -0.1) is 11.3 Å². The zero-order chi connectivity index (χ0) is 13.2. The summed E-state index contributed by atoms with van der Waals surface area (Å²) in [7, 11) is 0. The lowest BCUT2D eigenvalue weighted by Gasteiger charge is -2.00. The van der Waals surface area contributed by atoms with Gasteiger partial charge in [0.25, 0.3) is 0 Å². The number of hydrogen-bond acceptors (Lipinski definition) is 3. The predicted molar refractivity (Wildman–Crippen MR) is 80.3 cm³/mol. The summed E-state index contributed by atoms with van der Waals surface area (Å²) < 4.78 is 0. The molecule has 0 aliphatic heterocycles. The van der Waals surface area contributed by atoms with E-state index in [4.69, 9.17) is 4.98 Å². The van der Waals surface area contributed by atoms with Crippen molar-refractivity contribution in [3.05, 3.63) is 59.2 Å². The van der Waals surface area contributed by atoms with E-state index in [1.165, 1.54) is 16.7 Å². The zero-order valence-electron chi connectivity index (χ0n) is 10.9. The molecule has 0 fully saturated rings. The normalized spacial score (nSPS) is 10.6. The third-order valence-electron chi connectivity index (χ3n) is 3.12. The standard InChI is InChI=1S/C16H14N2S/c1-11-3-5-13(6-4-11)16-18-15(10-19-16)14-9-17-8-7-12(14)2/h3-10H,1-2H3. The lowest BCUT2D eigenvalue weighted by Crippen LogP contribution is -1.85. The van der Waals surface area contributed by atoms with Gasteiger partial charge in [-0.2, -0.15) is 0 Å². The largest absolute Gasteiger partial charge is 0.264 e. The van der Waals surface area contributed by atoms with Crippen LogP contribution in [0.5, 0.6) is 0 Å². The summed E-state index contributed by atoms with van der Waals surface area (Å²) >= 11 is 1.67. The molecule has 0 aliphatic carbocycles. The lowest BCUT2D eigenvalue weighted by molar-refractivity contribution is 1.27. The summed E-state index contributed by atoms with van der Waals surface area (Å²) in [6.07, 6.45) is 3.69. The van der Waals surface area contributed by atoms with E-state index in [2.05, 4.69) is 48.5 Å². The van der Waals surface area contributed by atoms with Gasteiger partial charge in [-0.05, 0) is 25.5 Å². The summed E-state index contributed by atoms with van der Waals surface area (Å²) in [6.45, 7) is 4.18. The van der Waals surface area contributed by atoms with E-state index < -0.39 is 0 Å². The van der Waals surface area contributed by atoms with Gasteiger partial charge in [0.2, 0.25) is 0 Å². The summed E-state index contributed by atoms with van der Waals surface area (Å²) in [6, 6.07) is 10.5. The fourth-order valence-electron chi connectivity index (χ4n) is 1.96. The van der Waals surface area contributed by atoms with Crippen molar-refractivity contribution in [2.75, 3.05) is 0 Å². The number of hydrogen-bond donors (Lipinski definition) is 0. The van der Waals surface area contributed by atoms with Crippen molar-refractivity contribution in [1.29, 1.82) is 0 Å². The van der Waals surface area contributed by atoms with Gasteiger partial charge in [0.15, 0.2) is 0 Å². The average Bonchev–Trinajstić information content (AvgIpc) is 2.89. The molecule has 0 saturated heterocycles. The fraction of sp³-hybridized carbons (Fsp3) is 0.125. The Balaban J connectivity index is 2.00. The van der Waals surface area contributed by atoms with Crippen molar-refractivity contribution < 1.29 is 0 Å². The Morgan fingerprint density at radius 1 is 1.00 bits per heavy atom. The van der Waals surface area contributed by atoms with Crippen LogP contribution in [-0.4, -0.2) is 9.97 Å². The number of aromatic nitrogens is 2. The molecule has 2 nitrogen and oxygen atoms in total. The molecular formula is C16H14N2S. The first-order valence-corrected chi connectivity index (χ1v) is 7.05. The Morgan fingerprint density at radius 3 is 2.53 bits per heavy atom. The molecule has 0 spiro atoms. The van der Waals surface area contributed by atoms with Gasteiger partial charge in [0, 0.05) is 28.9 Å². The van der Waals surface area contributed by atoms with Gasteiger partial charge in [0.1, 0.15) is 5.01 Å². The SMILES string of the molecule is Cc1ccc(-c2nc(-c3cnccc3C)cs2)cc1. The number of aryl methyl sites for hydroxylation is 2. The van der Waals surface area contributed by atoms with Crippen LogP contribution in [0.15, 0.2) is 48.1 Å². The number of nitrogens with zero attached hydrogens (tertiary/aromatic N) is 2.